The fourth-order valence-corrected chi connectivity index (χ4v) is 2.67. The summed E-state index contributed by atoms with van der Waals surface area (Å²) in [5, 5.41) is 3.31. The summed E-state index contributed by atoms with van der Waals surface area (Å²) in [7, 11) is 0. The summed E-state index contributed by atoms with van der Waals surface area (Å²) in [5.74, 6) is 0.666. The molecule has 1 aliphatic heterocycles. The van der Waals surface area contributed by atoms with Crippen molar-refractivity contribution in [2.75, 3.05) is 19.8 Å². The Balaban J connectivity index is 1.74. The van der Waals surface area contributed by atoms with Crippen LogP contribution in [0.15, 0.2) is 30.3 Å². The number of hydrogen-bond donors (Lipinski definition) is 1. The van der Waals surface area contributed by atoms with E-state index < -0.39 is 5.54 Å². The van der Waals surface area contributed by atoms with E-state index in [1.54, 1.807) is 0 Å². The second kappa shape index (κ2) is 7.29. The highest BCUT2D eigenvalue weighted by Gasteiger charge is 2.41. The van der Waals surface area contributed by atoms with Gasteiger partial charge >= 0.3 is 5.97 Å². The Bertz CT molecular complexity index is 413. The Hall–Kier alpha value is -1.55. The van der Waals surface area contributed by atoms with E-state index in [9.17, 15) is 4.79 Å². The molecule has 2 rings (SSSR count). The predicted octanol–water partition coefficient (Wildman–Crippen LogP) is 2.53. The number of esters is 1. The Morgan fingerprint density at radius 1 is 1.30 bits per heavy atom. The molecule has 1 aromatic rings. The zero-order chi connectivity index (χ0) is 14.3. The van der Waals surface area contributed by atoms with E-state index in [1.165, 1.54) is 0 Å². The number of para-hydroxylation sites is 1. The number of carbonyl (C=O) groups is 1. The monoisotopic (exact) mass is 277 g/mol. The SMILES string of the molecule is CCCC1(C(=O)OCCOc2ccccc2)CCCN1. The Morgan fingerprint density at radius 3 is 2.75 bits per heavy atom. The molecule has 1 unspecified atom stereocenters. The van der Waals surface area contributed by atoms with Gasteiger partial charge in [-0.2, -0.15) is 0 Å². The van der Waals surface area contributed by atoms with E-state index in [1.807, 2.05) is 30.3 Å². The van der Waals surface area contributed by atoms with Gasteiger partial charge < -0.3 is 14.8 Å². The lowest BCUT2D eigenvalue weighted by atomic mass is 9.92. The molecule has 1 aromatic carbocycles. The van der Waals surface area contributed by atoms with Gasteiger partial charge in [0.15, 0.2) is 0 Å². The van der Waals surface area contributed by atoms with Crippen LogP contribution in [0.3, 0.4) is 0 Å². The minimum atomic E-state index is -0.457. The van der Waals surface area contributed by atoms with Crippen LogP contribution in [0.5, 0.6) is 5.75 Å². The van der Waals surface area contributed by atoms with Crippen molar-refractivity contribution >= 4 is 5.97 Å². The van der Waals surface area contributed by atoms with Crippen LogP contribution in [0, 0.1) is 0 Å². The van der Waals surface area contributed by atoms with Gasteiger partial charge in [0.1, 0.15) is 24.5 Å². The number of nitrogens with one attached hydrogen (secondary N) is 1. The first-order valence-electron chi connectivity index (χ1n) is 7.37. The van der Waals surface area contributed by atoms with Gasteiger partial charge in [-0.15, -0.1) is 0 Å². The molecule has 0 radical (unpaired) electrons. The van der Waals surface area contributed by atoms with Crippen LogP contribution in [0.4, 0.5) is 0 Å². The molecule has 0 aromatic heterocycles. The van der Waals surface area contributed by atoms with Crippen molar-refractivity contribution in [2.45, 2.75) is 38.1 Å². The number of rotatable bonds is 7. The Labute approximate surface area is 120 Å². The highest BCUT2D eigenvalue weighted by molar-refractivity contribution is 5.81. The van der Waals surface area contributed by atoms with E-state index in [0.29, 0.717) is 13.2 Å². The summed E-state index contributed by atoms with van der Waals surface area (Å²) in [6.45, 7) is 3.67. The molecule has 20 heavy (non-hydrogen) atoms. The lowest BCUT2D eigenvalue weighted by Gasteiger charge is -2.26. The van der Waals surface area contributed by atoms with Crippen LogP contribution in [0.2, 0.25) is 0 Å². The molecule has 1 atom stereocenters. The van der Waals surface area contributed by atoms with Crippen molar-refractivity contribution < 1.29 is 14.3 Å². The van der Waals surface area contributed by atoms with Crippen LogP contribution < -0.4 is 10.1 Å². The minimum Gasteiger partial charge on any atom is -0.490 e. The quantitative estimate of drug-likeness (QED) is 0.614. The average molecular weight is 277 g/mol. The number of ether oxygens (including phenoxy) is 2. The normalized spacial score (nSPS) is 21.6. The summed E-state index contributed by atoms with van der Waals surface area (Å²) in [5.41, 5.74) is -0.457. The van der Waals surface area contributed by atoms with Gasteiger partial charge in [0.2, 0.25) is 0 Å². The third-order valence-electron chi connectivity index (χ3n) is 3.64. The van der Waals surface area contributed by atoms with Crippen LogP contribution in [-0.4, -0.2) is 31.3 Å². The van der Waals surface area contributed by atoms with Gasteiger partial charge in [-0.3, -0.25) is 4.79 Å². The van der Waals surface area contributed by atoms with Gasteiger partial charge in [0.05, 0.1) is 0 Å². The van der Waals surface area contributed by atoms with Crippen molar-refractivity contribution in [2.24, 2.45) is 0 Å². The molecule has 4 nitrogen and oxygen atoms in total. The topological polar surface area (TPSA) is 47.6 Å². The predicted molar refractivity (Wildman–Crippen MR) is 77.8 cm³/mol. The smallest absolute Gasteiger partial charge is 0.326 e. The molecule has 1 aliphatic rings. The van der Waals surface area contributed by atoms with Crippen LogP contribution in [-0.2, 0) is 9.53 Å². The van der Waals surface area contributed by atoms with Crippen LogP contribution in [0.1, 0.15) is 32.6 Å². The first-order chi connectivity index (χ1) is 9.77. The molecule has 4 heteroatoms. The third kappa shape index (κ3) is 3.73. The number of carbonyl (C=O) groups excluding carboxylic acids is 1. The second-order valence-corrected chi connectivity index (χ2v) is 5.16. The zero-order valence-corrected chi connectivity index (χ0v) is 12.1. The van der Waals surface area contributed by atoms with Gasteiger partial charge in [-0.05, 0) is 37.9 Å². The largest absolute Gasteiger partial charge is 0.490 e. The maximum absolute atomic E-state index is 12.2. The molecule has 0 bridgehead atoms. The van der Waals surface area contributed by atoms with E-state index in [0.717, 1.165) is 38.0 Å². The first-order valence-corrected chi connectivity index (χ1v) is 7.37. The van der Waals surface area contributed by atoms with E-state index >= 15 is 0 Å². The molecule has 0 aliphatic carbocycles. The second-order valence-electron chi connectivity index (χ2n) is 5.16. The fraction of sp³-hybridized carbons (Fsp3) is 0.562. The molecule has 1 fully saturated rings. The Morgan fingerprint density at radius 2 is 2.10 bits per heavy atom. The summed E-state index contributed by atoms with van der Waals surface area (Å²) in [6, 6.07) is 9.55. The molecule has 1 heterocycles. The first kappa shape index (κ1) is 14.9. The molecular weight excluding hydrogens is 254 g/mol. The summed E-state index contributed by atoms with van der Waals surface area (Å²) >= 11 is 0. The Kier molecular flexibility index (Phi) is 5.41. The van der Waals surface area contributed by atoms with Crippen molar-refractivity contribution in [3.63, 3.8) is 0 Å². The fourth-order valence-electron chi connectivity index (χ4n) is 2.67. The summed E-state index contributed by atoms with van der Waals surface area (Å²) in [6.07, 6.45) is 3.73. The molecule has 0 amide bonds. The molecule has 0 saturated carbocycles. The van der Waals surface area contributed by atoms with Crippen LogP contribution in [0.25, 0.3) is 0 Å². The van der Waals surface area contributed by atoms with Crippen molar-refractivity contribution in [1.82, 2.24) is 5.32 Å². The molecule has 110 valence electrons. The van der Waals surface area contributed by atoms with E-state index in [2.05, 4.69) is 12.2 Å². The highest BCUT2D eigenvalue weighted by atomic mass is 16.6. The molecule has 1 saturated heterocycles. The van der Waals surface area contributed by atoms with Crippen molar-refractivity contribution in [1.29, 1.82) is 0 Å². The minimum absolute atomic E-state index is 0.131. The zero-order valence-electron chi connectivity index (χ0n) is 12.1. The van der Waals surface area contributed by atoms with Crippen molar-refractivity contribution in [3.05, 3.63) is 30.3 Å². The third-order valence-corrected chi connectivity index (χ3v) is 3.64. The maximum Gasteiger partial charge on any atom is 0.326 e. The van der Waals surface area contributed by atoms with E-state index in [4.69, 9.17) is 9.47 Å². The van der Waals surface area contributed by atoms with Gasteiger partial charge in [-0.1, -0.05) is 31.5 Å². The van der Waals surface area contributed by atoms with Gasteiger partial charge in [0, 0.05) is 0 Å². The maximum atomic E-state index is 12.2. The molecule has 1 N–H and O–H groups in total. The summed E-state index contributed by atoms with van der Waals surface area (Å²) < 4.78 is 10.9. The van der Waals surface area contributed by atoms with Crippen molar-refractivity contribution in [3.8, 4) is 5.75 Å². The van der Waals surface area contributed by atoms with Gasteiger partial charge in [0.25, 0.3) is 0 Å². The lowest BCUT2D eigenvalue weighted by Crippen LogP contribution is -2.48. The molecule has 0 spiro atoms. The molecular formula is C16H23NO3. The van der Waals surface area contributed by atoms with E-state index in [-0.39, 0.29) is 5.97 Å². The standard InChI is InChI=1S/C16H23NO3/c1-2-9-16(10-6-11-17-16)15(18)20-13-12-19-14-7-4-3-5-8-14/h3-5,7-8,17H,2,6,9-13H2,1H3. The van der Waals surface area contributed by atoms with Gasteiger partial charge in [-0.25, -0.2) is 0 Å². The lowest BCUT2D eigenvalue weighted by molar-refractivity contribution is -0.152. The number of benzene rings is 1. The van der Waals surface area contributed by atoms with Crippen LogP contribution >= 0.6 is 0 Å². The average Bonchev–Trinajstić information content (AvgIpc) is 2.95. The number of hydrogen-bond acceptors (Lipinski definition) is 4. The highest BCUT2D eigenvalue weighted by Crippen LogP contribution is 2.26. The summed E-state index contributed by atoms with van der Waals surface area (Å²) in [4.78, 5) is 12.2.